The van der Waals surface area contributed by atoms with Crippen molar-refractivity contribution >= 4 is 40.6 Å². The van der Waals surface area contributed by atoms with Crippen molar-refractivity contribution in [2.45, 2.75) is 23.8 Å². The zero-order chi connectivity index (χ0) is 25.6. The van der Waals surface area contributed by atoms with Crippen LogP contribution in [0.3, 0.4) is 0 Å². The molecule has 0 atom stereocenters. The second kappa shape index (κ2) is 11.7. The second-order valence-corrected chi connectivity index (χ2v) is 10.6. The Hall–Kier alpha value is -3.56. The second-order valence-electron chi connectivity index (χ2n) is 8.69. The van der Waals surface area contributed by atoms with Gasteiger partial charge in [-0.3, -0.25) is 9.59 Å². The third-order valence-corrected chi connectivity index (χ3v) is 8.20. The third kappa shape index (κ3) is 6.23. The summed E-state index contributed by atoms with van der Waals surface area (Å²) in [6.07, 6.45) is 3.37. The smallest absolute Gasteiger partial charge is 0.275 e. The van der Waals surface area contributed by atoms with Crippen LogP contribution in [0.4, 0.5) is 10.1 Å². The number of likely N-dealkylation sites (tertiary alicyclic amines) is 1. The largest absolute Gasteiger partial charge is 0.342 e. The molecule has 0 bridgehead atoms. The fraction of sp³-hybridized carbons (Fsp3) is 0.214. The molecule has 3 heterocycles. The minimum absolute atomic E-state index is 0.119. The minimum atomic E-state index is -0.307. The zero-order valence-corrected chi connectivity index (χ0v) is 21.6. The van der Waals surface area contributed by atoms with Crippen LogP contribution in [0.15, 0.2) is 83.3 Å². The van der Waals surface area contributed by atoms with E-state index in [4.69, 9.17) is 0 Å². The average Bonchev–Trinajstić information content (AvgIpc) is 3.44. The first kappa shape index (κ1) is 25.1. The van der Waals surface area contributed by atoms with Crippen molar-refractivity contribution in [3.8, 4) is 11.1 Å². The Kier molecular flexibility index (Phi) is 7.91. The molecule has 0 spiro atoms. The molecule has 6 nitrogen and oxygen atoms in total. The lowest BCUT2D eigenvalue weighted by atomic mass is 9.97. The number of anilines is 1. The predicted molar refractivity (Wildman–Crippen MR) is 145 cm³/mol. The molecule has 2 amide bonds. The molecule has 9 heteroatoms. The number of amides is 2. The van der Waals surface area contributed by atoms with Crippen LogP contribution in [0, 0.1) is 5.82 Å². The van der Waals surface area contributed by atoms with Crippen molar-refractivity contribution in [2.24, 2.45) is 0 Å². The van der Waals surface area contributed by atoms with E-state index in [-0.39, 0.29) is 23.5 Å². The molecule has 0 aliphatic carbocycles. The number of aromatic nitrogens is 2. The van der Waals surface area contributed by atoms with Gasteiger partial charge in [0.2, 0.25) is 5.91 Å². The molecule has 188 valence electrons. The van der Waals surface area contributed by atoms with Gasteiger partial charge in [-0.2, -0.15) is 0 Å². The number of thioether (sulfide) groups is 1. The van der Waals surface area contributed by atoms with E-state index in [1.54, 1.807) is 23.7 Å². The van der Waals surface area contributed by atoms with Gasteiger partial charge in [0.05, 0.1) is 15.8 Å². The van der Waals surface area contributed by atoms with Crippen molar-refractivity contribution in [3.63, 3.8) is 0 Å². The summed E-state index contributed by atoms with van der Waals surface area (Å²) in [5.74, 6) is 0.136. The van der Waals surface area contributed by atoms with Gasteiger partial charge in [0.25, 0.3) is 5.91 Å². The van der Waals surface area contributed by atoms with E-state index in [1.807, 2.05) is 47.4 Å². The van der Waals surface area contributed by atoms with Gasteiger partial charge in [0.15, 0.2) is 0 Å². The summed E-state index contributed by atoms with van der Waals surface area (Å²) in [6, 6.07) is 19.3. The van der Waals surface area contributed by atoms with Crippen LogP contribution in [-0.2, 0) is 4.79 Å². The maximum Gasteiger partial charge on any atom is 0.275 e. The summed E-state index contributed by atoms with van der Waals surface area (Å²) in [5.41, 5.74) is 2.64. The molecule has 0 unspecified atom stereocenters. The van der Waals surface area contributed by atoms with Gasteiger partial charge in [-0.1, -0.05) is 48.2 Å². The van der Waals surface area contributed by atoms with Gasteiger partial charge in [-0.15, -0.1) is 11.3 Å². The van der Waals surface area contributed by atoms with Crippen LogP contribution in [0.25, 0.3) is 11.1 Å². The maximum absolute atomic E-state index is 13.4. The highest BCUT2D eigenvalue weighted by Gasteiger charge is 2.26. The number of rotatable bonds is 7. The molecule has 2 aromatic heterocycles. The van der Waals surface area contributed by atoms with Crippen molar-refractivity contribution in [1.29, 1.82) is 0 Å². The number of carbonyl (C=O) groups excluding carboxylic acids is 2. The van der Waals surface area contributed by atoms with Gasteiger partial charge in [-0.05, 0) is 48.7 Å². The number of piperidine rings is 1. The van der Waals surface area contributed by atoms with Crippen molar-refractivity contribution in [1.82, 2.24) is 14.9 Å². The maximum atomic E-state index is 13.4. The monoisotopic (exact) mass is 532 g/mol. The molecule has 37 heavy (non-hydrogen) atoms. The summed E-state index contributed by atoms with van der Waals surface area (Å²) in [4.78, 5) is 36.4. The van der Waals surface area contributed by atoms with Gasteiger partial charge in [0.1, 0.15) is 11.5 Å². The van der Waals surface area contributed by atoms with Gasteiger partial charge < -0.3 is 10.2 Å². The van der Waals surface area contributed by atoms with Crippen LogP contribution in [0.2, 0.25) is 0 Å². The van der Waals surface area contributed by atoms with Crippen LogP contribution in [-0.4, -0.2) is 45.5 Å². The van der Waals surface area contributed by atoms with Crippen molar-refractivity contribution in [3.05, 3.63) is 94.8 Å². The number of para-hydroxylation sites is 1. The Morgan fingerprint density at radius 1 is 1.03 bits per heavy atom. The first-order chi connectivity index (χ1) is 18.1. The first-order valence-corrected chi connectivity index (χ1v) is 13.9. The normalized spacial score (nSPS) is 13.9. The van der Waals surface area contributed by atoms with Crippen LogP contribution in [0.1, 0.15) is 34.3 Å². The topological polar surface area (TPSA) is 75.2 Å². The molecule has 1 aliphatic rings. The van der Waals surface area contributed by atoms with Gasteiger partial charge in [0, 0.05) is 41.8 Å². The average molecular weight is 533 g/mol. The summed E-state index contributed by atoms with van der Waals surface area (Å²) in [5, 5.41) is 6.51. The molecule has 1 N–H and O–H groups in total. The highest BCUT2D eigenvalue weighted by molar-refractivity contribution is 7.99. The van der Waals surface area contributed by atoms with E-state index in [0.29, 0.717) is 30.2 Å². The predicted octanol–water partition coefficient (Wildman–Crippen LogP) is 6.09. The Bertz CT molecular complexity index is 1370. The molecule has 5 rings (SSSR count). The molecule has 4 aromatic rings. The van der Waals surface area contributed by atoms with Gasteiger partial charge >= 0.3 is 0 Å². The van der Waals surface area contributed by atoms with E-state index >= 15 is 0 Å². The minimum Gasteiger partial charge on any atom is -0.342 e. The number of halogens is 1. The number of hydrogen-bond donors (Lipinski definition) is 1. The van der Waals surface area contributed by atoms with Crippen LogP contribution in [0.5, 0.6) is 0 Å². The van der Waals surface area contributed by atoms with Crippen LogP contribution >= 0.6 is 23.1 Å². The number of nitrogens with zero attached hydrogens (tertiary/aromatic N) is 3. The lowest BCUT2D eigenvalue weighted by Crippen LogP contribution is -2.38. The number of nitrogens with one attached hydrogen (secondary N) is 1. The van der Waals surface area contributed by atoms with Gasteiger partial charge in [-0.25, -0.2) is 14.4 Å². The lowest BCUT2D eigenvalue weighted by molar-refractivity contribution is -0.129. The van der Waals surface area contributed by atoms with Crippen molar-refractivity contribution < 1.29 is 14.0 Å². The van der Waals surface area contributed by atoms with E-state index < -0.39 is 0 Å². The first-order valence-electron chi connectivity index (χ1n) is 12.0. The van der Waals surface area contributed by atoms with E-state index in [1.165, 1.54) is 35.2 Å². The molecule has 0 saturated carbocycles. The van der Waals surface area contributed by atoms with Crippen molar-refractivity contribution in [2.75, 3.05) is 24.2 Å². The fourth-order valence-corrected chi connectivity index (χ4v) is 6.01. The molecular weight excluding hydrogens is 507 g/mol. The number of carbonyl (C=O) groups is 2. The summed E-state index contributed by atoms with van der Waals surface area (Å²) < 4.78 is 13.4. The highest BCUT2D eigenvalue weighted by atomic mass is 32.2. The zero-order valence-electron chi connectivity index (χ0n) is 20.0. The summed E-state index contributed by atoms with van der Waals surface area (Å²) in [6.45, 7) is 1.36. The Labute approximate surface area is 223 Å². The Morgan fingerprint density at radius 2 is 1.78 bits per heavy atom. The standard InChI is InChI=1S/C28H25FN4O2S2/c29-21-10-8-19(9-11-21)22-5-1-2-6-23(22)31-27(35)24-17-37-28(32-24)20-12-15-33(16-13-20)26(34)18-36-25-7-3-4-14-30-25/h1-11,14,17,20H,12-13,15-16,18H2,(H,31,35). The molecule has 2 aromatic carbocycles. The Morgan fingerprint density at radius 3 is 2.54 bits per heavy atom. The number of benzene rings is 2. The number of hydrogen-bond acceptors (Lipinski definition) is 6. The fourth-order valence-electron chi connectivity index (χ4n) is 4.27. The third-order valence-electron chi connectivity index (χ3n) is 6.26. The molecule has 0 radical (unpaired) electrons. The number of pyridine rings is 1. The lowest BCUT2D eigenvalue weighted by Gasteiger charge is -2.31. The number of thiazole rings is 1. The SMILES string of the molecule is O=C(Nc1ccccc1-c1ccc(F)cc1)c1csc(C2CCN(C(=O)CSc3ccccn3)CC2)n1. The molecule has 1 fully saturated rings. The Balaban J connectivity index is 1.17. The van der Waals surface area contributed by atoms with E-state index in [2.05, 4.69) is 15.3 Å². The molecular formula is C28H25FN4O2S2. The summed E-state index contributed by atoms with van der Waals surface area (Å²) in [7, 11) is 0. The van der Waals surface area contributed by atoms with Crippen LogP contribution < -0.4 is 5.32 Å². The van der Waals surface area contributed by atoms with E-state index in [9.17, 15) is 14.0 Å². The highest BCUT2D eigenvalue weighted by Crippen LogP contribution is 2.32. The molecule has 1 saturated heterocycles. The van der Waals surface area contributed by atoms with E-state index in [0.717, 1.165) is 34.0 Å². The summed E-state index contributed by atoms with van der Waals surface area (Å²) >= 11 is 2.94. The quantitative estimate of drug-likeness (QED) is 0.291. The molecule has 1 aliphatic heterocycles.